The maximum absolute atomic E-state index is 3.67. The van der Waals surface area contributed by atoms with Crippen LogP contribution in [-0.2, 0) is 5.41 Å². The fourth-order valence-corrected chi connectivity index (χ4v) is 4.22. The molecule has 0 aliphatic rings. The summed E-state index contributed by atoms with van der Waals surface area (Å²) in [4.78, 5) is 0. The quantitative estimate of drug-likeness (QED) is 0.336. The standard InChI is InChI=1S/C29H37N/c1-5-6-7-9-14-23(2)27-17-12-13-18-28(27)30-26-21-19-25(20-22-26)29(3,4)24-15-10-8-11-16-24/h8,10-13,15-23,30H,5-7,9,14H2,1-4H3. The average molecular weight is 400 g/mol. The minimum Gasteiger partial charge on any atom is -0.355 e. The highest BCUT2D eigenvalue weighted by atomic mass is 14.9. The molecule has 3 aromatic rings. The number of rotatable bonds is 10. The van der Waals surface area contributed by atoms with Gasteiger partial charge in [-0.1, -0.05) is 114 Å². The number of benzene rings is 3. The molecule has 0 fully saturated rings. The molecule has 1 atom stereocenters. The summed E-state index contributed by atoms with van der Waals surface area (Å²) < 4.78 is 0. The Labute approximate surface area is 183 Å². The maximum Gasteiger partial charge on any atom is 0.0419 e. The number of nitrogens with one attached hydrogen (secondary N) is 1. The molecular weight excluding hydrogens is 362 g/mol. The van der Waals surface area contributed by atoms with Crippen molar-refractivity contribution in [3.63, 3.8) is 0 Å². The summed E-state index contributed by atoms with van der Waals surface area (Å²) in [7, 11) is 0. The fourth-order valence-electron chi connectivity index (χ4n) is 4.22. The van der Waals surface area contributed by atoms with E-state index in [-0.39, 0.29) is 5.41 Å². The molecule has 1 heteroatoms. The van der Waals surface area contributed by atoms with E-state index in [4.69, 9.17) is 0 Å². The maximum atomic E-state index is 3.67. The lowest BCUT2D eigenvalue weighted by molar-refractivity contribution is 0.581. The van der Waals surface area contributed by atoms with Crippen molar-refractivity contribution >= 4 is 11.4 Å². The van der Waals surface area contributed by atoms with Gasteiger partial charge in [-0.05, 0) is 47.2 Å². The highest BCUT2D eigenvalue weighted by Crippen LogP contribution is 2.34. The molecule has 3 aromatic carbocycles. The SMILES string of the molecule is CCCCCCC(C)c1ccccc1Nc1ccc(C(C)(C)c2ccccc2)cc1. The Morgan fingerprint density at radius 3 is 2.07 bits per heavy atom. The minimum atomic E-state index is -0.00923. The normalized spacial score (nSPS) is 12.5. The molecule has 1 unspecified atom stereocenters. The first-order valence-electron chi connectivity index (χ1n) is 11.5. The van der Waals surface area contributed by atoms with Crippen molar-refractivity contribution in [2.24, 2.45) is 0 Å². The molecule has 0 saturated heterocycles. The zero-order valence-electron chi connectivity index (χ0n) is 19.1. The molecule has 0 amide bonds. The first kappa shape index (κ1) is 22.2. The van der Waals surface area contributed by atoms with Crippen LogP contribution in [0.2, 0.25) is 0 Å². The zero-order chi connectivity index (χ0) is 21.4. The molecule has 3 rings (SSSR count). The van der Waals surface area contributed by atoms with Crippen LogP contribution in [0.1, 0.15) is 82.4 Å². The van der Waals surface area contributed by atoms with E-state index in [1.807, 2.05) is 0 Å². The largest absolute Gasteiger partial charge is 0.355 e. The molecule has 0 aliphatic carbocycles. The molecule has 1 nitrogen and oxygen atoms in total. The van der Waals surface area contributed by atoms with E-state index in [1.165, 1.54) is 54.5 Å². The molecule has 0 spiro atoms. The summed E-state index contributed by atoms with van der Waals surface area (Å²) >= 11 is 0. The second-order valence-corrected chi connectivity index (χ2v) is 9.03. The van der Waals surface area contributed by atoms with Crippen molar-refractivity contribution in [2.75, 3.05) is 5.32 Å². The van der Waals surface area contributed by atoms with Crippen molar-refractivity contribution < 1.29 is 0 Å². The summed E-state index contributed by atoms with van der Waals surface area (Å²) in [6.07, 6.45) is 6.55. The summed E-state index contributed by atoms with van der Waals surface area (Å²) in [5.41, 5.74) is 6.46. The van der Waals surface area contributed by atoms with Crippen molar-refractivity contribution in [2.45, 2.75) is 71.1 Å². The van der Waals surface area contributed by atoms with Crippen LogP contribution >= 0.6 is 0 Å². The summed E-state index contributed by atoms with van der Waals surface area (Å²) in [5.74, 6) is 0.571. The first-order chi connectivity index (χ1) is 14.5. The molecule has 0 aliphatic heterocycles. The van der Waals surface area contributed by atoms with Gasteiger partial charge in [-0.15, -0.1) is 0 Å². The van der Waals surface area contributed by atoms with E-state index in [0.717, 1.165) is 5.69 Å². The van der Waals surface area contributed by atoms with Crippen LogP contribution in [0.5, 0.6) is 0 Å². The predicted molar refractivity (Wildman–Crippen MR) is 132 cm³/mol. The van der Waals surface area contributed by atoms with Gasteiger partial charge in [-0.25, -0.2) is 0 Å². The molecule has 0 bridgehead atoms. The first-order valence-corrected chi connectivity index (χ1v) is 11.5. The molecule has 1 N–H and O–H groups in total. The van der Waals surface area contributed by atoms with E-state index in [2.05, 4.69) is 112 Å². The zero-order valence-corrected chi connectivity index (χ0v) is 19.1. The average Bonchev–Trinajstić information content (AvgIpc) is 2.78. The summed E-state index contributed by atoms with van der Waals surface area (Å²) in [6.45, 7) is 9.22. The Kier molecular flexibility index (Phi) is 7.74. The highest BCUT2D eigenvalue weighted by molar-refractivity contribution is 5.64. The topological polar surface area (TPSA) is 12.0 Å². The van der Waals surface area contributed by atoms with Gasteiger partial charge in [-0.2, -0.15) is 0 Å². The monoisotopic (exact) mass is 399 g/mol. The van der Waals surface area contributed by atoms with Crippen LogP contribution in [0.25, 0.3) is 0 Å². The van der Waals surface area contributed by atoms with Gasteiger partial charge in [0.05, 0.1) is 0 Å². The Hall–Kier alpha value is -2.54. The van der Waals surface area contributed by atoms with Crippen LogP contribution in [0.3, 0.4) is 0 Å². The van der Waals surface area contributed by atoms with E-state index in [0.29, 0.717) is 5.92 Å². The van der Waals surface area contributed by atoms with E-state index < -0.39 is 0 Å². The lowest BCUT2D eigenvalue weighted by atomic mass is 9.78. The minimum absolute atomic E-state index is 0.00923. The Bertz CT molecular complexity index is 893. The Morgan fingerprint density at radius 1 is 0.733 bits per heavy atom. The lowest BCUT2D eigenvalue weighted by Gasteiger charge is -2.26. The third kappa shape index (κ3) is 5.53. The van der Waals surface area contributed by atoms with Gasteiger partial charge in [-0.3, -0.25) is 0 Å². The van der Waals surface area contributed by atoms with Crippen LogP contribution < -0.4 is 5.32 Å². The van der Waals surface area contributed by atoms with E-state index >= 15 is 0 Å². The predicted octanol–water partition coefficient (Wildman–Crippen LogP) is 8.83. The number of hydrogen-bond donors (Lipinski definition) is 1. The van der Waals surface area contributed by atoms with Gasteiger partial charge in [0.1, 0.15) is 0 Å². The molecule has 30 heavy (non-hydrogen) atoms. The third-order valence-corrected chi connectivity index (χ3v) is 6.36. The van der Waals surface area contributed by atoms with Crippen molar-refractivity contribution in [1.82, 2.24) is 0 Å². The van der Waals surface area contributed by atoms with Gasteiger partial charge in [0.2, 0.25) is 0 Å². The second kappa shape index (κ2) is 10.5. The smallest absolute Gasteiger partial charge is 0.0419 e. The van der Waals surface area contributed by atoms with Gasteiger partial charge in [0, 0.05) is 16.8 Å². The molecule has 0 saturated carbocycles. The van der Waals surface area contributed by atoms with Crippen LogP contribution in [0, 0.1) is 0 Å². The van der Waals surface area contributed by atoms with Gasteiger partial charge in [0.25, 0.3) is 0 Å². The molecule has 0 aromatic heterocycles. The van der Waals surface area contributed by atoms with Crippen LogP contribution in [-0.4, -0.2) is 0 Å². The summed E-state index contributed by atoms with van der Waals surface area (Å²) in [6, 6.07) is 28.4. The Morgan fingerprint density at radius 2 is 1.37 bits per heavy atom. The highest BCUT2D eigenvalue weighted by Gasteiger charge is 2.22. The van der Waals surface area contributed by atoms with Gasteiger partial charge < -0.3 is 5.32 Å². The molecule has 158 valence electrons. The molecular formula is C29H37N. The van der Waals surface area contributed by atoms with E-state index in [1.54, 1.807) is 0 Å². The fraction of sp³-hybridized carbons (Fsp3) is 0.379. The van der Waals surface area contributed by atoms with Crippen molar-refractivity contribution in [3.8, 4) is 0 Å². The summed E-state index contributed by atoms with van der Waals surface area (Å²) in [5, 5.41) is 3.67. The van der Waals surface area contributed by atoms with Crippen molar-refractivity contribution in [1.29, 1.82) is 0 Å². The van der Waals surface area contributed by atoms with E-state index in [9.17, 15) is 0 Å². The number of unbranched alkanes of at least 4 members (excludes halogenated alkanes) is 3. The lowest BCUT2D eigenvalue weighted by Crippen LogP contribution is -2.18. The van der Waals surface area contributed by atoms with Crippen molar-refractivity contribution in [3.05, 3.63) is 95.6 Å². The molecule has 0 radical (unpaired) electrons. The molecule has 0 heterocycles. The number of anilines is 2. The van der Waals surface area contributed by atoms with Gasteiger partial charge in [0.15, 0.2) is 0 Å². The number of para-hydroxylation sites is 1. The number of hydrogen-bond acceptors (Lipinski definition) is 1. The van der Waals surface area contributed by atoms with Crippen LogP contribution in [0.15, 0.2) is 78.9 Å². The van der Waals surface area contributed by atoms with Crippen LogP contribution in [0.4, 0.5) is 11.4 Å². The second-order valence-electron chi connectivity index (χ2n) is 9.03. The van der Waals surface area contributed by atoms with Gasteiger partial charge >= 0.3 is 0 Å². The third-order valence-electron chi connectivity index (χ3n) is 6.36. The Balaban J connectivity index is 1.72.